The van der Waals surface area contributed by atoms with E-state index in [0.717, 1.165) is 6.42 Å². The maximum Gasteiger partial charge on any atom is 0.221 e. The molecule has 1 heterocycles. The molecule has 1 atom stereocenters. The monoisotopic (exact) mass is 211 g/mol. The Kier molecular flexibility index (Phi) is 4.76. The van der Waals surface area contributed by atoms with Crippen molar-refractivity contribution in [3.05, 3.63) is 12.4 Å². The zero-order valence-corrected chi connectivity index (χ0v) is 8.89. The third-order valence-electron chi connectivity index (χ3n) is 1.96. The van der Waals surface area contributed by atoms with Gasteiger partial charge >= 0.3 is 0 Å². The molecule has 6 heteroatoms. The Bertz CT molecular complexity index is 283. The third-order valence-corrected chi connectivity index (χ3v) is 1.96. The molecular formula is C9H17N5O. The van der Waals surface area contributed by atoms with Crippen LogP contribution in [-0.4, -0.2) is 33.5 Å². The van der Waals surface area contributed by atoms with Crippen molar-refractivity contribution in [2.24, 2.45) is 5.73 Å². The van der Waals surface area contributed by atoms with E-state index in [9.17, 15) is 4.79 Å². The molecule has 1 amide bonds. The van der Waals surface area contributed by atoms with Gasteiger partial charge in [-0.3, -0.25) is 9.48 Å². The second-order valence-electron chi connectivity index (χ2n) is 3.53. The molecule has 0 saturated carbocycles. The average Bonchev–Trinajstić information content (AvgIpc) is 2.66. The van der Waals surface area contributed by atoms with Crippen molar-refractivity contribution < 1.29 is 4.79 Å². The minimum atomic E-state index is 0.0196. The van der Waals surface area contributed by atoms with Crippen LogP contribution in [0.3, 0.4) is 0 Å². The van der Waals surface area contributed by atoms with Crippen LogP contribution in [-0.2, 0) is 11.3 Å². The van der Waals surface area contributed by atoms with Gasteiger partial charge in [-0.25, -0.2) is 0 Å². The van der Waals surface area contributed by atoms with Crippen molar-refractivity contribution in [3.8, 4) is 0 Å². The summed E-state index contributed by atoms with van der Waals surface area (Å²) >= 11 is 0. The number of nitrogens with two attached hydrogens (primary N) is 1. The fourth-order valence-corrected chi connectivity index (χ4v) is 1.10. The van der Waals surface area contributed by atoms with Crippen LogP contribution >= 0.6 is 0 Å². The lowest BCUT2D eigenvalue weighted by Crippen LogP contribution is -2.29. The Labute approximate surface area is 88.8 Å². The maximum atomic E-state index is 11.3. The molecule has 6 nitrogen and oxygen atoms in total. The van der Waals surface area contributed by atoms with E-state index < -0.39 is 0 Å². The first-order valence-electron chi connectivity index (χ1n) is 5.05. The molecule has 0 spiro atoms. The van der Waals surface area contributed by atoms with Crippen LogP contribution in [0.1, 0.15) is 19.8 Å². The van der Waals surface area contributed by atoms with E-state index in [1.165, 1.54) is 0 Å². The number of carbonyl (C=O) groups is 1. The molecule has 84 valence electrons. The van der Waals surface area contributed by atoms with Crippen LogP contribution < -0.4 is 11.1 Å². The normalized spacial score (nSPS) is 12.4. The molecule has 1 unspecified atom stereocenters. The minimum Gasteiger partial charge on any atom is -0.356 e. The molecular weight excluding hydrogens is 194 g/mol. The molecule has 0 aliphatic carbocycles. The number of hydrogen-bond donors (Lipinski definition) is 2. The van der Waals surface area contributed by atoms with Gasteiger partial charge in [-0.2, -0.15) is 0 Å². The summed E-state index contributed by atoms with van der Waals surface area (Å²) in [6.07, 6.45) is 4.54. The van der Waals surface area contributed by atoms with Gasteiger partial charge in [0.05, 0.1) is 12.7 Å². The smallest absolute Gasteiger partial charge is 0.221 e. The highest BCUT2D eigenvalue weighted by molar-refractivity contribution is 5.75. The van der Waals surface area contributed by atoms with Gasteiger partial charge in [-0.1, -0.05) is 5.21 Å². The second kappa shape index (κ2) is 6.13. The fraction of sp³-hybridized carbons (Fsp3) is 0.667. The van der Waals surface area contributed by atoms with Gasteiger partial charge in [-0.05, 0) is 13.3 Å². The highest BCUT2D eigenvalue weighted by Crippen LogP contribution is 1.88. The summed E-state index contributed by atoms with van der Waals surface area (Å²) in [5, 5.41) is 10.2. The number of hydrogen-bond acceptors (Lipinski definition) is 4. The number of nitrogens with one attached hydrogen (secondary N) is 1. The van der Waals surface area contributed by atoms with Gasteiger partial charge in [-0.15, -0.1) is 5.10 Å². The van der Waals surface area contributed by atoms with Crippen LogP contribution in [0.2, 0.25) is 0 Å². The van der Waals surface area contributed by atoms with Crippen LogP contribution in [0, 0.1) is 0 Å². The molecule has 1 aromatic rings. The summed E-state index contributed by atoms with van der Waals surface area (Å²) in [7, 11) is 0. The SMILES string of the molecule is CC(N)CCNC(=O)CCn1ccnn1. The predicted octanol–water partition coefficient (Wildman–Crippen LogP) is -0.478. The van der Waals surface area contributed by atoms with E-state index in [2.05, 4.69) is 15.6 Å². The molecule has 0 aromatic carbocycles. The van der Waals surface area contributed by atoms with Gasteiger partial charge in [0.1, 0.15) is 0 Å². The molecule has 3 N–H and O–H groups in total. The van der Waals surface area contributed by atoms with Crippen LogP contribution in [0.4, 0.5) is 0 Å². The van der Waals surface area contributed by atoms with E-state index >= 15 is 0 Å². The summed E-state index contributed by atoms with van der Waals surface area (Å²) in [5.74, 6) is 0.0196. The Balaban J connectivity index is 2.09. The summed E-state index contributed by atoms with van der Waals surface area (Å²) in [4.78, 5) is 11.3. The van der Waals surface area contributed by atoms with Crippen molar-refractivity contribution in [1.29, 1.82) is 0 Å². The topological polar surface area (TPSA) is 85.8 Å². The molecule has 0 aliphatic heterocycles. The van der Waals surface area contributed by atoms with Crippen molar-refractivity contribution in [2.75, 3.05) is 6.54 Å². The summed E-state index contributed by atoms with van der Waals surface area (Å²) in [6, 6.07) is 0.126. The average molecular weight is 211 g/mol. The first kappa shape index (κ1) is 11.6. The van der Waals surface area contributed by atoms with E-state index in [4.69, 9.17) is 5.73 Å². The minimum absolute atomic E-state index is 0.0196. The number of nitrogens with zero attached hydrogens (tertiary/aromatic N) is 3. The number of rotatable bonds is 6. The number of carbonyl (C=O) groups excluding carboxylic acids is 1. The first-order chi connectivity index (χ1) is 7.18. The highest BCUT2D eigenvalue weighted by atomic mass is 16.1. The van der Waals surface area contributed by atoms with Gasteiger partial charge in [0.2, 0.25) is 5.91 Å². The molecule has 1 aromatic heterocycles. The van der Waals surface area contributed by atoms with Crippen molar-refractivity contribution >= 4 is 5.91 Å². The molecule has 1 rings (SSSR count). The fourth-order valence-electron chi connectivity index (χ4n) is 1.10. The first-order valence-corrected chi connectivity index (χ1v) is 5.05. The lowest BCUT2D eigenvalue weighted by molar-refractivity contribution is -0.121. The van der Waals surface area contributed by atoms with Gasteiger partial charge in [0.15, 0.2) is 0 Å². The van der Waals surface area contributed by atoms with Crippen LogP contribution in [0.15, 0.2) is 12.4 Å². The van der Waals surface area contributed by atoms with Crippen LogP contribution in [0.25, 0.3) is 0 Å². The molecule has 0 bridgehead atoms. The third kappa shape index (κ3) is 5.11. The van der Waals surface area contributed by atoms with Crippen molar-refractivity contribution in [2.45, 2.75) is 32.4 Å². The Morgan fingerprint density at radius 3 is 3.07 bits per heavy atom. The van der Waals surface area contributed by atoms with Crippen LogP contribution in [0.5, 0.6) is 0 Å². The molecule has 0 saturated heterocycles. The van der Waals surface area contributed by atoms with E-state index in [1.807, 2.05) is 6.92 Å². The number of aromatic nitrogens is 3. The Morgan fingerprint density at radius 2 is 2.47 bits per heavy atom. The quantitative estimate of drug-likeness (QED) is 0.665. The van der Waals surface area contributed by atoms with Gasteiger partial charge < -0.3 is 11.1 Å². The summed E-state index contributed by atoms with van der Waals surface area (Å²) in [6.45, 7) is 3.11. The molecule has 0 aliphatic rings. The van der Waals surface area contributed by atoms with Crippen molar-refractivity contribution in [1.82, 2.24) is 20.3 Å². The number of aryl methyl sites for hydroxylation is 1. The van der Waals surface area contributed by atoms with Gasteiger partial charge in [0.25, 0.3) is 0 Å². The van der Waals surface area contributed by atoms with Gasteiger partial charge in [0, 0.05) is 25.2 Å². The zero-order chi connectivity index (χ0) is 11.1. The molecule has 0 fully saturated rings. The predicted molar refractivity (Wildman–Crippen MR) is 55.9 cm³/mol. The van der Waals surface area contributed by atoms with E-state index in [1.54, 1.807) is 17.1 Å². The zero-order valence-electron chi connectivity index (χ0n) is 8.89. The largest absolute Gasteiger partial charge is 0.356 e. The van der Waals surface area contributed by atoms with Crippen molar-refractivity contribution in [3.63, 3.8) is 0 Å². The lowest BCUT2D eigenvalue weighted by Gasteiger charge is -2.06. The molecule has 15 heavy (non-hydrogen) atoms. The standard InChI is InChI=1S/C9H17N5O/c1-8(10)2-4-11-9(15)3-6-14-7-5-12-13-14/h5,7-8H,2-4,6,10H2,1H3,(H,11,15). The highest BCUT2D eigenvalue weighted by Gasteiger charge is 2.02. The Morgan fingerprint density at radius 1 is 1.67 bits per heavy atom. The Hall–Kier alpha value is -1.43. The summed E-state index contributed by atoms with van der Waals surface area (Å²) in [5.41, 5.74) is 5.56. The second-order valence-corrected chi connectivity index (χ2v) is 3.53. The molecule has 0 radical (unpaired) electrons. The number of amides is 1. The maximum absolute atomic E-state index is 11.3. The van der Waals surface area contributed by atoms with E-state index in [0.29, 0.717) is 19.5 Å². The van der Waals surface area contributed by atoms with E-state index in [-0.39, 0.29) is 11.9 Å². The summed E-state index contributed by atoms with van der Waals surface area (Å²) < 4.78 is 1.63. The lowest BCUT2D eigenvalue weighted by atomic mass is 10.2.